The van der Waals surface area contributed by atoms with Gasteiger partial charge in [0.1, 0.15) is 5.82 Å². The van der Waals surface area contributed by atoms with Crippen LogP contribution in [0, 0.1) is 5.82 Å². The summed E-state index contributed by atoms with van der Waals surface area (Å²) >= 11 is 5.95. The lowest BCUT2D eigenvalue weighted by Crippen LogP contribution is -2.19. The van der Waals surface area contributed by atoms with Gasteiger partial charge in [-0.2, -0.15) is 5.10 Å². The Bertz CT molecular complexity index is 865. The molecule has 0 radical (unpaired) electrons. The number of rotatable bonds is 4. The van der Waals surface area contributed by atoms with E-state index in [2.05, 4.69) is 15.7 Å². The number of halogens is 2. The minimum absolute atomic E-state index is 0.374. The molecule has 24 heavy (non-hydrogen) atoms. The lowest BCUT2D eigenvalue weighted by molar-refractivity contribution is 0.262. The molecule has 0 saturated heterocycles. The molecule has 0 atom stereocenters. The minimum atomic E-state index is -0.470. The molecule has 0 aliphatic heterocycles. The van der Waals surface area contributed by atoms with Crippen molar-refractivity contribution in [1.82, 2.24) is 9.78 Å². The van der Waals surface area contributed by atoms with Crippen molar-refractivity contribution in [1.29, 1.82) is 0 Å². The van der Waals surface area contributed by atoms with Crippen LogP contribution in [0.3, 0.4) is 0 Å². The molecular weight excluding hydrogens is 331 g/mol. The third kappa shape index (κ3) is 4.33. The second kappa shape index (κ2) is 7.14. The molecule has 5 nitrogen and oxygen atoms in total. The van der Waals surface area contributed by atoms with Crippen LogP contribution in [0.1, 0.15) is 5.56 Å². The van der Waals surface area contributed by atoms with Gasteiger partial charge in [0.25, 0.3) is 0 Å². The van der Waals surface area contributed by atoms with E-state index in [1.165, 1.54) is 24.4 Å². The summed E-state index contributed by atoms with van der Waals surface area (Å²) in [4.78, 5) is 11.9. The van der Waals surface area contributed by atoms with Crippen LogP contribution in [0.25, 0.3) is 0 Å². The van der Waals surface area contributed by atoms with Crippen molar-refractivity contribution in [2.24, 2.45) is 0 Å². The fourth-order valence-corrected chi connectivity index (χ4v) is 2.41. The number of amides is 2. The third-order valence-corrected chi connectivity index (χ3v) is 3.44. The first-order chi connectivity index (χ1) is 11.6. The molecule has 2 aromatic carbocycles. The van der Waals surface area contributed by atoms with Crippen LogP contribution >= 0.6 is 11.6 Å². The van der Waals surface area contributed by atoms with Crippen molar-refractivity contribution in [3.63, 3.8) is 0 Å². The van der Waals surface area contributed by atoms with E-state index >= 15 is 0 Å². The lowest BCUT2D eigenvalue weighted by atomic mass is 10.2. The number of benzene rings is 2. The van der Waals surface area contributed by atoms with Crippen molar-refractivity contribution in [2.75, 3.05) is 10.6 Å². The molecule has 0 aliphatic rings. The van der Waals surface area contributed by atoms with Crippen LogP contribution in [-0.2, 0) is 6.54 Å². The van der Waals surface area contributed by atoms with E-state index in [9.17, 15) is 9.18 Å². The highest BCUT2D eigenvalue weighted by Gasteiger charge is 2.06. The Morgan fingerprint density at radius 2 is 1.92 bits per heavy atom. The average Bonchev–Trinajstić information content (AvgIpc) is 2.94. The van der Waals surface area contributed by atoms with E-state index in [0.717, 1.165) is 5.56 Å². The van der Waals surface area contributed by atoms with Crippen LogP contribution < -0.4 is 10.6 Å². The second-order valence-electron chi connectivity index (χ2n) is 5.15. The summed E-state index contributed by atoms with van der Waals surface area (Å²) in [5.41, 5.74) is 1.91. The smallest absolute Gasteiger partial charge is 0.308 e. The topological polar surface area (TPSA) is 59.0 Å². The van der Waals surface area contributed by atoms with E-state index < -0.39 is 11.8 Å². The fourth-order valence-electron chi connectivity index (χ4n) is 2.20. The van der Waals surface area contributed by atoms with Gasteiger partial charge in [0.15, 0.2) is 0 Å². The largest absolute Gasteiger partial charge is 0.323 e. The van der Waals surface area contributed by atoms with Crippen molar-refractivity contribution in [3.05, 3.63) is 77.3 Å². The first kappa shape index (κ1) is 16.0. The van der Waals surface area contributed by atoms with Gasteiger partial charge in [0, 0.05) is 16.9 Å². The highest BCUT2D eigenvalue weighted by atomic mass is 35.5. The van der Waals surface area contributed by atoms with Crippen LogP contribution in [0.15, 0.2) is 60.9 Å². The van der Waals surface area contributed by atoms with Crippen molar-refractivity contribution in [3.8, 4) is 0 Å². The number of carbonyl (C=O) groups excluding carboxylic acids is 1. The van der Waals surface area contributed by atoms with Crippen LogP contribution in [0.4, 0.5) is 20.6 Å². The van der Waals surface area contributed by atoms with Crippen LogP contribution in [-0.4, -0.2) is 15.8 Å². The van der Waals surface area contributed by atoms with Gasteiger partial charge in [0.05, 0.1) is 18.4 Å². The summed E-state index contributed by atoms with van der Waals surface area (Å²) in [6.45, 7) is 0.535. The second-order valence-corrected chi connectivity index (χ2v) is 5.58. The predicted molar refractivity (Wildman–Crippen MR) is 91.8 cm³/mol. The van der Waals surface area contributed by atoms with Gasteiger partial charge >= 0.3 is 6.03 Å². The molecule has 2 N–H and O–H groups in total. The Morgan fingerprint density at radius 3 is 2.71 bits per heavy atom. The van der Waals surface area contributed by atoms with Gasteiger partial charge in [-0.25, -0.2) is 9.18 Å². The van der Waals surface area contributed by atoms with E-state index in [1.54, 1.807) is 23.0 Å². The molecule has 7 heteroatoms. The van der Waals surface area contributed by atoms with Gasteiger partial charge in [-0.3, -0.25) is 4.68 Å². The SMILES string of the molecule is O=C(Nc1cccc(F)c1)Nc1cnn(Cc2cccc(Cl)c2)c1. The Balaban J connectivity index is 1.60. The number of hydrogen-bond acceptors (Lipinski definition) is 2. The highest BCUT2D eigenvalue weighted by Crippen LogP contribution is 2.14. The fraction of sp³-hybridized carbons (Fsp3) is 0.0588. The predicted octanol–water partition coefficient (Wildman–Crippen LogP) is 4.37. The Labute approximate surface area is 143 Å². The average molecular weight is 345 g/mol. The maximum absolute atomic E-state index is 13.1. The summed E-state index contributed by atoms with van der Waals surface area (Å²) in [7, 11) is 0. The van der Waals surface area contributed by atoms with Gasteiger partial charge in [0.2, 0.25) is 0 Å². The molecule has 0 fully saturated rings. The zero-order valence-corrected chi connectivity index (χ0v) is 13.3. The number of aromatic nitrogens is 2. The molecule has 3 aromatic rings. The lowest BCUT2D eigenvalue weighted by Gasteiger charge is -2.06. The maximum atomic E-state index is 13.1. The number of nitrogens with one attached hydrogen (secondary N) is 2. The van der Waals surface area contributed by atoms with Crippen molar-refractivity contribution < 1.29 is 9.18 Å². The molecule has 0 saturated carbocycles. The molecule has 1 aromatic heterocycles. The summed E-state index contributed by atoms with van der Waals surface area (Å²) in [5.74, 6) is -0.415. The maximum Gasteiger partial charge on any atom is 0.323 e. The molecule has 122 valence electrons. The third-order valence-electron chi connectivity index (χ3n) is 3.21. The first-order valence-electron chi connectivity index (χ1n) is 7.19. The summed E-state index contributed by atoms with van der Waals surface area (Å²) in [6.07, 6.45) is 3.24. The summed E-state index contributed by atoms with van der Waals surface area (Å²) in [6, 6.07) is 12.7. The Hall–Kier alpha value is -2.86. The number of anilines is 2. The molecule has 0 unspecified atom stereocenters. The van der Waals surface area contributed by atoms with E-state index in [-0.39, 0.29) is 0 Å². The first-order valence-corrected chi connectivity index (χ1v) is 7.57. The highest BCUT2D eigenvalue weighted by molar-refractivity contribution is 6.30. The van der Waals surface area contributed by atoms with E-state index in [4.69, 9.17) is 11.6 Å². The normalized spacial score (nSPS) is 10.4. The van der Waals surface area contributed by atoms with Crippen LogP contribution in [0.2, 0.25) is 5.02 Å². The Morgan fingerprint density at radius 1 is 1.12 bits per heavy atom. The minimum Gasteiger partial charge on any atom is -0.308 e. The molecular formula is C17H14ClFN4O. The standard InChI is InChI=1S/C17H14ClFN4O/c18-13-4-1-3-12(7-13)10-23-11-16(9-20-23)22-17(24)21-15-6-2-5-14(19)8-15/h1-9,11H,10H2,(H2,21,22,24). The Kier molecular flexibility index (Phi) is 4.77. The van der Waals surface area contributed by atoms with Crippen LogP contribution in [0.5, 0.6) is 0 Å². The quantitative estimate of drug-likeness (QED) is 0.738. The number of urea groups is 1. The van der Waals surface area contributed by atoms with Gasteiger partial charge in [-0.15, -0.1) is 0 Å². The summed E-state index contributed by atoms with van der Waals surface area (Å²) in [5, 5.41) is 10.0. The zero-order valence-electron chi connectivity index (χ0n) is 12.5. The van der Waals surface area contributed by atoms with E-state index in [1.807, 2.05) is 18.2 Å². The van der Waals surface area contributed by atoms with Gasteiger partial charge in [-0.1, -0.05) is 29.8 Å². The van der Waals surface area contributed by atoms with Crippen molar-refractivity contribution in [2.45, 2.75) is 6.54 Å². The molecule has 3 rings (SSSR count). The molecule has 0 bridgehead atoms. The molecule has 0 spiro atoms. The number of carbonyl (C=O) groups is 1. The van der Waals surface area contributed by atoms with Gasteiger partial charge < -0.3 is 10.6 Å². The number of nitrogens with zero attached hydrogens (tertiary/aromatic N) is 2. The molecule has 2 amide bonds. The van der Waals surface area contributed by atoms with Gasteiger partial charge in [-0.05, 0) is 35.9 Å². The number of hydrogen-bond donors (Lipinski definition) is 2. The zero-order chi connectivity index (χ0) is 16.9. The monoisotopic (exact) mass is 344 g/mol. The summed E-state index contributed by atoms with van der Waals surface area (Å²) < 4.78 is 14.8. The van der Waals surface area contributed by atoms with E-state index in [0.29, 0.717) is 22.9 Å². The van der Waals surface area contributed by atoms with Crippen molar-refractivity contribution >= 4 is 29.0 Å². The molecule has 1 heterocycles. The molecule has 0 aliphatic carbocycles.